The summed E-state index contributed by atoms with van der Waals surface area (Å²) in [5, 5.41) is 3.08. The highest BCUT2D eigenvalue weighted by Crippen LogP contribution is 2.30. The first-order chi connectivity index (χ1) is 10.1. The van der Waals surface area contributed by atoms with Gasteiger partial charge in [0.2, 0.25) is 5.91 Å². The summed E-state index contributed by atoms with van der Waals surface area (Å²) in [7, 11) is 1.64. The molecule has 0 aromatic heterocycles. The van der Waals surface area contributed by atoms with Gasteiger partial charge in [0.05, 0.1) is 18.6 Å². The van der Waals surface area contributed by atoms with Gasteiger partial charge in [-0.1, -0.05) is 12.1 Å². The van der Waals surface area contributed by atoms with E-state index in [4.69, 9.17) is 15.2 Å². The molecule has 5 nitrogen and oxygen atoms in total. The Labute approximate surface area is 125 Å². The number of amides is 1. The smallest absolute Gasteiger partial charge is 0.228 e. The average molecular weight is 292 g/mol. The van der Waals surface area contributed by atoms with Crippen LogP contribution in [0, 0.1) is 5.41 Å². The molecule has 2 rings (SSSR count). The molecule has 1 aliphatic rings. The van der Waals surface area contributed by atoms with Crippen LogP contribution in [-0.2, 0) is 9.53 Å². The van der Waals surface area contributed by atoms with E-state index in [9.17, 15) is 4.79 Å². The van der Waals surface area contributed by atoms with E-state index in [1.807, 2.05) is 31.2 Å². The maximum Gasteiger partial charge on any atom is 0.228 e. The fourth-order valence-electron chi connectivity index (χ4n) is 2.61. The van der Waals surface area contributed by atoms with Crippen LogP contribution >= 0.6 is 0 Å². The number of nitrogens with one attached hydrogen (secondary N) is 1. The minimum Gasteiger partial charge on any atom is -0.497 e. The zero-order chi connectivity index (χ0) is 15.3. The number of rotatable bonds is 5. The van der Waals surface area contributed by atoms with Gasteiger partial charge in [0, 0.05) is 19.8 Å². The lowest BCUT2D eigenvalue weighted by molar-refractivity contribution is -0.136. The number of carbonyl (C=O) groups is 1. The summed E-state index contributed by atoms with van der Waals surface area (Å²) in [5.74, 6) is 0.830. The van der Waals surface area contributed by atoms with Crippen molar-refractivity contribution in [1.29, 1.82) is 0 Å². The van der Waals surface area contributed by atoms with Gasteiger partial charge in [-0.2, -0.15) is 0 Å². The molecule has 1 saturated heterocycles. The van der Waals surface area contributed by atoms with E-state index in [2.05, 4.69) is 5.32 Å². The lowest BCUT2D eigenvalue weighted by Crippen LogP contribution is -2.49. The highest BCUT2D eigenvalue weighted by Gasteiger charge is 2.39. The molecule has 1 aliphatic heterocycles. The second kappa shape index (κ2) is 6.91. The molecule has 1 fully saturated rings. The van der Waals surface area contributed by atoms with Gasteiger partial charge in [-0.15, -0.1) is 0 Å². The van der Waals surface area contributed by atoms with Crippen molar-refractivity contribution >= 4 is 5.91 Å². The summed E-state index contributed by atoms with van der Waals surface area (Å²) in [6.45, 7) is 3.53. The third-order valence-electron chi connectivity index (χ3n) is 4.29. The Morgan fingerprint density at radius 2 is 2.00 bits per heavy atom. The van der Waals surface area contributed by atoms with Gasteiger partial charge in [0.25, 0.3) is 0 Å². The van der Waals surface area contributed by atoms with Crippen LogP contribution in [-0.4, -0.2) is 32.8 Å². The van der Waals surface area contributed by atoms with Gasteiger partial charge in [0.1, 0.15) is 5.75 Å². The Hall–Kier alpha value is -1.59. The second-order valence-corrected chi connectivity index (χ2v) is 5.57. The standard InChI is InChI=1S/C16H24N2O3/c1-12(13-3-5-14(20-2)6-4-13)18-15(19)16(11-17)7-9-21-10-8-16/h3-6,12H,7-11,17H2,1-2H3,(H,18,19)/t12-/m0/s1. The van der Waals surface area contributed by atoms with Crippen LogP contribution in [0.1, 0.15) is 31.4 Å². The van der Waals surface area contributed by atoms with Crippen LogP contribution in [0.5, 0.6) is 5.75 Å². The molecule has 0 saturated carbocycles. The summed E-state index contributed by atoms with van der Waals surface area (Å²) >= 11 is 0. The van der Waals surface area contributed by atoms with Gasteiger partial charge in [-0.05, 0) is 37.5 Å². The minimum atomic E-state index is -0.487. The van der Waals surface area contributed by atoms with Gasteiger partial charge in [0.15, 0.2) is 0 Å². The quantitative estimate of drug-likeness (QED) is 0.865. The van der Waals surface area contributed by atoms with Crippen LogP contribution in [0.4, 0.5) is 0 Å². The van der Waals surface area contributed by atoms with E-state index < -0.39 is 5.41 Å². The summed E-state index contributed by atoms with van der Waals surface area (Å²) in [6.07, 6.45) is 1.37. The molecule has 1 aromatic carbocycles. The average Bonchev–Trinajstić information content (AvgIpc) is 2.55. The number of carbonyl (C=O) groups excluding carboxylic acids is 1. The van der Waals surface area contributed by atoms with Crippen molar-refractivity contribution in [3.63, 3.8) is 0 Å². The first-order valence-corrected chi connectivity index (χ1v) is 7.34. The van der Waals surface area contributed by atoms with Crippen molar-refractivity contribution in [2.45, 2.75) is 25.8 Å². The molecular formula is C16H24N2O3. The number of hydrogen-bond acceptors (Lipinski definition) is 4. The molecule has 116 valence electrons. The van der Waals surface area contributed by atoms with E-state index in [1.165, 1.54) is 0 Å². The minimum absolute atomic E-state index is 0.0246. The number of methoxy groups -OCH3 is 1. The van der Waals surface area contributed by atoms with E-state index in [0.29, 0.717) is 32.6 Å². The van der Waals surface area contributed by atoms with Crippen molar-refractivity contribution in [2.75, 3.05) is 26.9 Å². The van der Waals surface area contributed by atoms with Crippen LogP contribution in [0.15, 0.2) is 24.3 Å². The molecule has 1 atom stereocenters. The van der Waals surface area contributed by atoms with Crippen molar-refractivity contribution in [2.24, 2.45) is 11.1 Å². The van der Waals surface area contributed by atoms with Crippen molar-refractivity contribution in [1.82, 2.24) is 5.32 Å². The Morgan fingerprint density at radius 3 is 2.52 bits per heavy atom. The fraction of sp³-hybridized carbons (Fsp3) is 0.562. The Bertz CT molecular complexity index is 467. The predicted octanol–water partition coefficient (Wildman–Crippen LogP) is 1.63. The van der Waals surface area contributed by atoms with Crippen molar-refractivity contribution in [3.8, 4) is 5.75 Å². The zero-order valence-electron chi connectivity index (χ0n) is 12.7. The number of hydrogen-bond donors (Lipinski definition) is 2. The summed E-state index contributed by atoms with van der Waals surface area (Å²) < 4.78 is 10.5. The van der Waals surface area contributed by atoms with Crippen LogP contribution in [0.2, 0.25) is 0 Å². The Kier molecular flexibility index (Phi) is 5.20. The van der Waals surface area contributed by atoms with E-state index in [-0.39, 0.29) is 11.9 Å². The lowest BCUT2D eigenvalue weighted by Gasteiger charge is -2.35. The number of ether oxygens (including phenoxy) is 2. The van der Waals surface area contributed by atoms with Gasteiger partial charge < -0.3 is 20.5 Å². The maximum atomic E-state index is 12.6. The Morgan fingerprint density at radius 1 is 1.38 bits per heavy atom. The van der Waals surface area contributed by atoms with Crippen molar-refractivity contribution in [3.05, 3.63) is 29.8 Å². The van der Waals surface area contributed by atoms with Crippen LogP contribution < -0.4 is 15.8 Å². The zero-order valence-corrected chi connectivity index (χ0v) is 12.7. The second-order valence-electron chi connectivity index (χ2n) is 5.57. The first-order valence-electron chi connectivity index (χ1n) is 7.34. The number of nitrogens with two attached hydrogens (primary N) is 1. The van der Waals surface area contributed by atoms with Crippen LogP contribution in [0.3, 0.4) is 0 Å². The molecule has 21 heavy (non-hydrogen) atoms. The largest absolute Gasteiger partial charge is 0.497 e. The van der Waals surface area contributed by atoms with Crippen LogP contribution in [0.25, 0.3) is 0 Å². The van der Waals surface area contributed by atoms with Crippen molar-refractivity contribution < 1.29 is 14.3 Å². The lowest BCUT2D eigenvalue weighted by atomic mass is 9.79. The van der Waals surface area contributed by atoms with E-state index >= 15 is 0 Å². The summed E-state index contributed by atoms with van der Waals surface area (Å²) in [6, 6.07) is 7.65. The number of benzene rings is 1. The van der Waals surface area contributed by atoms with E-state index in [1.54, 1.807) is 7.11 Å². The molecule has 1 aromatic rings. The molecular weight excluding hydrogens is 268 g/mol. The SMILES string of the molecule is COc1ccc([C@H](C)NC(=O)C2(CN)CCOCC2)cc1. The summed E-state index contributed by atoms with van der Waals surface area (Å²) in [4.78, 5) is 12.6. The highest BCUT2D eigenvalue weighted by molar-refractivity contribution is 5.83. The molecule has 0 aliphatic carbocycles. The van der Waals surface area contributed by atoms with Gasteiger partial charge in [-0.3, -0.25) is 4.79 Å². The normalized spacial score (nSPS) is 18.8. The predicted molar refractivity (Wildman–Crippen MR) is 81.1 cm³/mol. The molecule has 5 heteroatoms. The fourth-order valence-corrected chi connectivity index (χ4v) is 2.61. The molecule has 1 amide bonds. The Balaban J connectivity index is 2.03. The summed E-state index contributed by atoms with van der Waals surface area (Å²) in [5.41, 5.74) is 6.42. The molecule has 1 heterocycles. The molecule has 0 bridgehead atoms. The highest BCUT2D eigenvalue weighted by atomic mass is 16.5. The van der Waals surface area contributed by atoms with E-state index in [0.717, 1.165) is 11.3 Å². The van der Waals surface area contributed by atoms with Gasteiger partial charge >= 0.3 is 0 Å². The monoisotopic (exact) mass is 292 g/mol. The third kappa shape index (κ3) is 3.54. The molecule has 0 spiro atoms. The van der Waals surface area contributed by atoms with Gasteiger partial charge in [-0.25, -0.2) is 0 Å². The first kappa shape index (κ1) is 15.8. The third-order valence-corrected chi connectivity index (χ3v) is 4.29. The molecule has 0 radical (unpaired) electrons. The molecule has 0 unspecified atom stereocenters. The topological polar surface area (TPSA) is 73.6 Å². The molecule has 3 N–H and O–H groups in total. The maximum absolute atomic E-state index is 12.6.